The van der Waals surface area contributed by atoms with Crippen LogP contribution in [0.3, 0.4) is 0 Å². The molecule has 3 rings (SSSR count). The highest BCUT2D eigenvalue weighted by Crippen LogP contribution is 2.40. The van der Waals surface area contributed by atoms with Gasteiger partial charge in [-0.25, -0.2) is 0 Å². The van der Waals surface area contributed by atoms with Gasteiger partial charge in [-0.3, -0.25) is 9.59 Å². The number of aromatic nitrogens is 1. The smallest absolute Gasteiger partial charge is 0.243 e. The molecule has 0 aliphatic heterocycles. The number of nitrogens with one attached hydrogen (secondary N) is 1. The second kappa shape index (κ2) is 6.46. The van der Waals surface area contributed by atoms with Crippen molar-refractivity contribution >= 4 is 11.7 Å². The summed E-state index contributed by atoms with van der Waals surface area (Å²) >= 11 is 0. The van der Waals surface area contributed by atoms with Crippen LogP contribution in [0, 0.1) is 5.92 Å². The fourth-order valence-corrected chi connectivity index (χ4v) is 3.12. The third-order valence-electron chi connectivity index (χ3n) is 4.65. The number of rotatable bonds is 6. The largest absolute Gasteiger partial charge is 0.360 e. The summed E-state index contributed by atoms with van der Waals surface area (Å²) in [4.78, 5) is 23.6. The van der Waals surface area contributed by atoms with Gasteiger partial charge in [-0.05, 0) is 50.5 Å². The van der Waals surface area contributed by atoms with Gasteiger partial charge in [0.2, 0.25) is 5.91 Å². The number of Topliss-reactive ketones (excluding diaryl/α,β-unsaturated/α-hetero) is 1. The lowest BCUT2D eigenvalue weighted by atomic mass is 9.83. The van der Waals surface area contributed by atoms with Crippen LogP contribution in [0.25, 0.3) is 0 Å². The normalized spacial score (nSPS) is 24.7. The van der Waals surface area contributed by atoms with Crippen molar-refractivity contribution in [3.63, 3.8) is 0 Å². The molecule has 2 aliphatic rings. The topological polar surface area (TPSA) is 72.2 Å². The number of hydrogen-bond donors (Lipinski definition) is 1. The molecule has 0 bridgehead atoms. The van der Waals surface area contributed by atoms with E-state index in [9.17, 15) is 9.59 Å². The van der Waals surface area contributed by atoms with Crippen molar-refractivity contribution in [2.45, 2.75) is 56.9 Å². The summed E-state index contributed by atoms with van der Waals surface area (Å²) in [6.07, 6.45) is 7.87. The van der Waals surface area contributed by atoms with Crippen LogP contribution in [-0.4, -0.2) is 22.9 Å². The molecule has 1 aromatic rings. The van der Waals surface area contributed by atoms with E-state index in [1.54, 1.807) is 0 Å². The first-order valence-corrected chi connectivity index (χ1v) is 8.08. The SMILES string of the molecule is C=CC(=O)NC1CCC(CC(=O)c2cc(C3CC3)on2)CC1. The molecule has 0 spiro atoms. The minimum Gasteiger partial charge on any atom is -0.360 e. The van der Waals surface area contributed by atoms with Crippen LogP contribution < -0.4 is 5.32 Å². The summed E-state index contributed by atoms with van der Waals surface area (Å²) in [7, 11) is 0. The number of ketones is 1. The molecule has 118 valence electrons. The predicted octanol–water partition coefficient (Wildman–Crippen LogP) is 2.99. The van der Waals surface area contributed by atoms with Gasteiger partial charge in [-0.2, -0.15) is 0 Å². The Labute approximate surface area is 130 Å². The van der Waals surface area contributed by atoms with Gasteiger partial charge in [0.1, 0.15) is 11.5 Å². The van der Waals surface area contributed by atoms with Crippen molar-refractivity contribution in [3.8, 4) is 0 Å². The second-order valence-electron chi connectivity index (χ2n) is 6.45. The Hall–Kier alpha value is -1.91. The summed E-state index contributed by atoms with van der Waals surface area (Å²) in [5.41, 5.74) is 0.476. The third-order valence-corrected chi connectivity index (χ3v) is 4.65. The number of carbonyl (C=O) groups excluding carboxylic acids is 2. The molecule has 1 amide bonds. The third kappa shape index (κ3) is 3.64. The lowest BCUT2D eigenvalue weighted by Gasteiger charge is -2.28. The van der Waals surface area contributed by atoms with Gasteiger partial charge < -0.3 is 9.84 Å². The molecule has 22 heavy (non-hydrogen) atoms. The zero-order valence-corrected chi connectivity index (χ0v) is 12.7. The first-order valence-electron chi connectivity index (χ1n) is 8.08. The van der Waals surface area contributed by atoms with E-state index in [0.29, 0.717) is 24.0 Å². The predicted molar refractivity (Wildman–Crippen MR) is 81.5 cm³/mol. The zero-order valence-electron chi connectivity index (χ0n) is 12.7. The molecular weight excluding hydrogens is 280 g/mol. The molecule has 0 radical (unpaired) electrons. The van der Waals surface area contributed by atoms with Crippen molar-refractivity contribution in [1.82, 2.24) is 10.5 Å². The Morgan fingerprint density at radius 2 is 2.00 bits per heavy atom. The standard InChI is InChI=1S/C17H22N2O3/c1-2-17(21)18-13-7-3-11(4-8-13)9-15(20)14-10-16(22-19-14)12-5-6-12/h2,10-13H,1,3-9H2,(H,18,21). The van der Waals surface area contributed by atoms with Crippen LogP contribution in [-0.2, 0) is 4.79 Å². The van der Waals surface area contributed by atoms with Gasteiger partial charge in [0.15, 0.2) is 5.78 Å². The summed E-state index contributed by atoms with van der Waals surface area (Å²) in [6, 6.07) is 2.03. The minimum absolute atomic E-state index is 0.0780. The van der Waals surface area contributed by atoms with Gasteiger partial charge >= 0.3 is 0 Å². The van der Waals surface area contributed by atoms with Gasteiger partial charge in [0.05, 0.1) is 0 Å². The number of amides is 1. The lowest BCUT2D eigenvalue weighted by Crippen LogP contribution is -2.36. The van der Waals surface area contributed by atoms with E-state index in [1.807, 2.05) is 6.07 Å². The molecule has 5 nitrogen and oxygen atoms in total. The van der Waals surface area contributed by atoms with Crippen LogP contribution in [0.5, 0.6) is 0 Å². The van der Waals surface area contributed by atoms with Gasteiger partial charge in [0.25, 0.3) is 0 Å². The Kier molecular flexibility index (Phi) is 4.41. The summed E-state index contributed by atoms with van der Waals surface area (Å²) < 4.78 is 5.24. The summed E-state index contributed by atoms with van der Waals surface area (Å²) in [5, 5.41) is 6.84. The van der Waals surface area contributed by atoms with E-state index in [0.717, 1.165) is 44.3 Å². The molecule has 1 N–H and O–H groups in total. The van der Waals surface area contributed by atoms with E-state index in [1.165, 1.54) is 6.08 Å². The fraction of sp³-hybridized carbons (Fsp3) is 0.588. The maximum Gasteiger partial charge on any atom is 0.243 e. The number of hydrogen-bond acceptors (Lipinski definition) is 4. The van der Waals surface area contributed by atoms with Gasteiger partial charge in [-0.1, -0.05) is 11.7 Å². The average Bonchev–Trinajstić information content (AvgIpc) is 3.26. The van der Waals surface area contributed by atoms with Crippen molar-refractivity contribution in [3.05, 3.63) is 30.2 Å². The van der Waals surface area contributed by atoms with Crippen molar-refractivity contribution in [1.29, 1.82) is 0 Å². The van der Waals surface area contributed by atoms with Gasteiger partial charge in [-0.15, -0.1) is 0 Å². The first kappa shape index (κ1) is 15.0. The summed E-state index contributed by atoms with van der Waals surface area (Å²) in [5.74, 6) is 1.69. The van der Waals surface area contributed by atoms with E-state index in [2.05, 4.69) is 17.1 Å². The lowest BCUT2D eigenvalue weighted by molar-refractivity contribution is -0.117. The molecule has 0 atom stereocenters. The highest BCUT2D eigenvalue weighted by Gasteiger charge is 2.30. The quantitative estimate of drug-likeness (QED) is 0.647. The Balaban J connectivity index is 1.46. The van der Waals surface area contributed by atoms with E-state index in [4.69, 9.17) is 4.52 Å². The summed E-state index contributed by atoms with van der Waals surface area (Å²) in [6.45, 7) is 3.46. The Morgan fingerprint density at radius 1 is 1.27 bits per heavy atom. The van der Waals surface area contributed by atoms with Crippen molar-refractivity contribution < 1.29 is 14.1 Å². The molecule has 2 aliphatic carbocycles. The molecule has 1 aromatic heterocycles. The maximum absolute atomic E-state index is 12.3. The monoisotopic (exact) mass is 302 g/mol. The molecule has 5 heteroatoms. The van der Waals surface area contributed by atoms with Crippen LogP contribution >= 0.6 is 0 Å². The van der Waals surface area contributed by atoms with Crippen LogP contribution in [0.4, 0.5) is 0 Å². The average molecular weight is 302 g/mol. The van der Waals surface area contributed by atoms with Crippen LogP contribution in [0.2, 0.25) is 0 Å². The zero-order chi connectivity index (χ0) is 15.5. The highest BCUT2D eigenvalue weighted by atomic mass is 16.5. The molecule has 2 fully saturated rings. The van der Waals surface area contributed by atoms with Crippen LogP contribution in [0.15, 0.2) is 23.2 Å². The number of nitrogens with zero attached hydrogens (tertiary/aromatic N) is 1. The molecular formula is C17H22N2O3. The van der Waals surface area contributed by atoms with Gasteiger partial charge in [0, 0.05) is 24.4 Å². The Morgan fingerprint density at radius 3 is 2.64 bits per heavy atom. The second-order valence-corrected chi connectivity index (χ2v) is 6.45. The molecule has 0 unspecified atom stereocenters. The maximum atomic E-state index is 12.3. The van der Waals surface area contributed by atoms with E-state index < -0.39 is 0 Å². The van der Waals surface area contributed by atoms with Crippen molar-refractivity contribution in [2.24, 2.45) is 5.92 Å². The molecule has 0 saturated heterocycles. The van der Waals surface area contributed by atoms with E-state index >= 15 is 0 Å². The van der Waals surface area contributed by atoms with Crippen molar-refractivity contribution in [2.75, 3.05) is 0 Å². The van der Waals surface area contributed by atoms with Crippen LogP contribution in [0.1, 0.15) is 67.1 Å². The number of carbonyl (C=O) groups is 2. The molecule has 0 aromatic carbocycles. The fourth-order valence-electron chi connectivity index (χ4n) is 3.12. The Bertz CT molecular complexity index is 566. The molecule has 1 heterocycles. The van der Waals surface area contributed by atoms with E-state index in [-0.39, 0.29) is 17.7 Å². The highest BCUT2D eigenvalue weighted by molar-refractivity contribution is 5.94. The minimum atomic E-state index is -0.116. The molecule has 2 saturated carbocycles. The first-order chi connectivity index (χ1) is 10.7.